The van der Waals surface area contributed by atoms with Gasteiger partial charge in [0.15, 0.2) is 6.10 Å². The van der Waals surface area contributed by atoms with Crippen molar-refractivity contribution in [3.8, 4) is 0 Å². The molecule has 1 N–H and O–H groups in total. The monoisotopic (exact) mass is 244 g/mol. The van der Waals surface area contributed by atoms with Crippen LogP contribution in [0.4, 0.5) is 5.69 Å². The summed E-state index contributed by atoms with van der Waals surface area (Å²) in [6, 6.07) is 8.91. The van der Waals surface area contributed by atoms with Crippen LogP contribution in [-0.2, 0) is 14.3 Å². The highest BCUT2D eigenvalue weighted by Gasteiger charge is 2.27. The number of ether oxygens (including phenoxy) is 1. The smallest absolute Gasteiger partial charge is 0.260 e. The Kier molecular flexibility index (Phi) is 3.64. The normalized spacial score (nSPS) is 18.4. The number of ketones is 1. The number of benzene rings is 1. The van der Waals surface area contributed by atoms with Crippen molar-refractivity contribution in [2.24, 2.45) is 4.99 Å². The molecule has 5 heteroatoms. The van der Waals surface area contributed by atoms with Crippen LogP contribution in [-0.4, -0.2) is 31.1 Å². The van der Waals surface area contributed by atoms with Gasteiger partial charge >= 0.3 is 0 Å². The lowest BCUT2D eigenvalue weighted by molar-refractivity contribution is -0.124. The van der Waals surface area contributed by atoms with Crippen LogP contribution in [0.25, 0.3) is 0 Å². The van der Waals surface area contributed by atoms with E-state index in [4.69, 9.17) is 4.74 Å². The molecule has 1 aliphatic heterocycles. The molecule has 0 aromatic heterocycles. The van der Waals surface area contributed by atoms with Crippen molar-refractivity contribution in [1.82, 2.24) is 0 Å². The molecule has 2 rings (SSSR count). The second-order valence-corrected chi connectivity index (χ2v) is 3.68. The summed E-state index contributed by atoms with van der Waals surface area (Å²) in [7, 11) is 1.40. The number of amides is 1. The van der Waals surface area contributed by atoms with Gasteiger partial charge in [-0.15, -0.1) is 0 Å². The first-order valence-electron chi connectivity index (χ1n) is 5.39. The number of anilines is 1. The average molecular weight is 244 g/mol. The van der Waals surface area contributed by atoms with Gasteiger partial charge in [-0.25, -0.2) is 0 Å². The topological polar surface area (TPSA) is 67.8 Å². The fourth-order valence-electron chi connectivity index (χ4n) is 1.54. The molecule has 0 radical (unpaired) electrons. The van der Waals surface area contributed by atoms with Crippen LogP contribution in [0, 0.1) is 0 Å². The summed E-state index contributed by atoms with van der Waals surface area (Å²) in [6.07, 6.45) is 1.82. The standard InChI is InChI=1S/C13H12N2O3/c1-18-11-8-14-7-10(12(11)16)13(17)15-9-5-3-2-4-6-9/h2-8,11H,1H3,(H,15,17). The fourth-order valence-corrected chi connectivity index (χ4v) is 1.54. The van der Waals surface area contributed by atoms with Gasteiger partial charge in [0, 0.05) is 25.2 Å². The molecule has 1 aliphatic rings. The van der Waals surface area contributed by atoms with E-state index in [-0.39, 0.29) is 11.4 Å². The Labute approximate surface area is 104 Å². The largest absolute Gasteiger partial charge is 0.368 e. The molecule has 1 heterocycles. The Morgan fingerprint density at radius 1 is 1.33 bits per heavy atom. The lowest BCUT2D eigenvalue weighted by Gasteiger charge is -2.14. The van der Waals surface area contributed by atoms with Crippen LogP contribution >= 0.6 is 0 Å². The van der Waals surface area contributed by atoms with Crippen molar-refractivity contribution in [1.29, 1.82) is 0 Å². The van der Waals surface area contributed by atoms with Gasteiger partial charge in [0.1, 0.15) is 5.57 Å². The van der Waals surface area contributed by atoms with Gasteiger partial charge in [0.05, 0.1) is 0 Å². The van der Waals surface area contributed by atoms with Crippen molar-refractivity contribution >= 4 is 23.6 Å². The molecule has 0 spiro atoms. The molecule has 0 fully saturated rings. The third-order valence-corrected chi connectivity index (χ3v) is 2.48. The first kappa shape index (κ1) is 12.2. The van der Waals surface area contributed by atoms with Gasteiger partial charge < -0.3 is 10.1 Å². The maximum atomic E-state index is 11.9. The first-order valence-corrected chi connectivity index (χ1v) is 5.39. The van der Waals surface area contributed by atoms with Gasteiger partial charge in [0.2, 0.25) is 5.78 Å². The molecule has 0 saturated carbocycles. The first-order chi connectivity index (χ1) is 8.72. The van der Waals surface area contributed by atoms with Crippen molar-refractivity contribution in [3.63, 3.8) is 0 Å². The summed E-state index contributed by atoms with van der Waals surface area (Å²) in [5, 5.41) is 2.63. The molecule has 1 aromatic rings. The third kappa shape index (κ3) is 2.52. The lowest BCUT2D eigenvalue weighted by atomic mass is 10.1. The minimum Gasteiger partial charge on any atom is -0.368 e. The molecule has 1 atom stereocenters. The maximum Gasteiger partial charge on any atom is 0.260 e. The number of para-hydroxylation sites is 1. The van der Waals surface area contributed by atoms with E-state index in [1.165, 1.54) is 19.5 Å². The lowest BCUT2D eigenvalue weighted by Crippen LogP contribution is -2.33. The van der Waals surface area contributed by atoms with E-state index < -0.39 is 12.0 Å². The van der Waals surface area contributed by atoms with Crippen molar-refractivity contribution in [2.75, 3.05) is 12.4 Å². The molecule has 5 nitrogen and oxygen atoms in total. The van der Waals surface area contributed by atoms with Crippen LogP contribution in [0.1, 0.15) is 0 Å². The molecule has 0 saturated heterocycles. The van der Waals surface area contributed by atoms with Gasteiger partial charge in [0.25, 0.3) is 5.91 Å². The zero-order chi connectivity index (χ0) is 13.0. The Morgan fingerprint density at radius 3 is 2.72 bits per heavy atom. The molecule has 1 unspecified atom stereocenters. The quantitative estimate of drug-likeness (QED) is 0.812. The maximum absolute atomic E-state index is 11.9. The Morgan fingerprint density at radius 2 is 2.06 bits per heavy atom. The van der Waals surface area contributed by atoms with Gasteiger partial charge in [-0.05, 0) is 12.1 Å². The van der Waals surface area contributed by atoms with Crippen molar-refractivity contribution < 1.29 is 14.3 Å². The number of rotatable bonds is 3. The van der Waals surface area contributed by atoms with E-state index in [0.717, 1.165) is 0 Å². The van der Waals surface area contributed by atoms with E-state index in [2.05, 4.69) is 10.3 Å². The average Bonchev–Trinajstić information content (AvgIpc) is 2.40. The summed E-state index contributed by atoms with van der Waals surface area (Å²) in [5.41, 5.74) is 0.618. The van der Waals surface area contributed by atoms with Crippen LogP contribution in [0.5, 0.6) is 0 Å². The highest BCUT2D eigenvalue weighted by atomic mass is 16.5. The number of nitrogens with zero attached hydrogens (tertiary/aromatic N) is 1. The number of hydrogen-bond donors (Lipinski definition) is 1. The molecular formula is C13H12N2O3. The zero-order valence-corrected chi connectivity index (χ0v) is 9.79. The number of Topliss-reactive ketones (excluding diaryl/α,β-unsaturated/α-hetero) is 1. The van der Waals surface area contributed by atoms with Crippen LogP contribution in [0.3, 0.4) is 0 Å². The van der Waals surface area contributed by atoms with Gasteiger partial charge in [-0.1, -0.05) is 18.2 Å². The third-order valence-electron chi connectivity index (χ3n) is 2.48. The number of hydrogen-bond acceptors (Lipinski definition) is 4. The van der Waals surface area contributed by atoms with Crippen LogP contribution in [0.2, 0.25) is 0 Å². The van der Waals surface area contributed by atoms with E-state index in [0.29, 0.717) is 5.69 Å². The Balaban J connectivity index is 2.13. The predicted octanol–water partition coefficient (Wildman–Crippen LogP) is 1.18. The summed E-state index contributed by atoms with van der Waals surface area (Å²) in [6.45, 7) is 0. The SMILES string of the molecule is COC1C=NC=C(C(=O)Nc2ccccc2)C1=O. The number of nitrogens with one attached hydrogen (secondary N) is 1. The second-order valence-electron chi connectivity index (χ2n) is 3.68. The molecule has 1 amide bonds. The van der Waals surface area contributed by atoms with Crippen molar-refractivity contribution in [2.45, 2.75) is 6.10 Å². The second kappa shape index (κ2) is 5.37. The van der Waals surface area contributed by atoms with E-state index >= 15 is 0 Å². The van der Waals surface area contributed by atoms with E-state index in [9.17, 15) is 9.59 Å². The van der Waals surface area contributed by atoms with Crippen LogP contribution in [0.15, 0.2) is 47.1 Å². The molecular weight excluding hydrogens is 232 g/mol. The number of carbonyl (C=O) groups is 2. The fraction of sp³-hybridized carbons (Fsp3) is 0.154. The number of aliphatic imine (C=N–C) groups is 1. The number of carbonyl (C=O) groups excluding carboxylic acids is 2. The summed E-state index contributed by atoms with van der Waals surface area (Å²) in [4.78, 5) is 27.6. The Bertz CT molecular complexity index is 520. The van der Waals surface area contributed by atoms with Crippen LogP contribution < -0.4 is 5.32 Å². The highest BCUT2D eigenvalue weighted by molar-refractivity contribution is 6.28. The highest BCUT2D eigenvalue weighted by Crippen LogP contribution is 2.12. The molecule has 18 heavy (non-hydrogen) atoms. The van der Waals surface area contributed by atoms with Crippen molar-refractivity contribution in [3.05, 3.63) is 42.1 Å². The minimum atomic E-state index is -0.786. The van der Waals surface area contributed by atoms with E-state index in [1.807, 2.05) is 6.07 Å². The summed E-state index contributed by atoms with van der Waals surface area (Å²) in [5.74, 6) is -0.869. The molecule has 0 aliphatic carbocycles. The summed E-state index contributed by atoms with van der Waals surface area (Å²) < 4.78 is 4.91. The predicted molar refractivity (Wildman–Crippen MR) is 67.5 cm³/mol. The number of methoxy groups -OCH3 is 1. The van der Waals surface area contributed by atoms with Gasteiger partial charge in [-0.2, -0.15) is 0 Å². The zero-order valence-electron chi connectivity index (χ0n) is 9.79. The summed E-state index contributed by atoms with van der Waals surface area (Å²) >= 11 is 0. The molecule has 1 aromatic carbocycles. The Hall–Kier alpha value is -2.27. The van der Waals surface area contributed by atoms with E-state index in [1.54, 1.807) is 24.3 Å². The van der Waals surface area contributed by atoms with Gasteiger partial charge in [-0.3, -0.25) is 14.6 Å². The minimum absolute atomic E-state index is 0.00629. The molecule has 0 bridgehead atoms. The molecule has 92 valence electrons.